The van der Waals surface area contributed by atoms with Crippen LogP contribution in [0.5, 0.6) is 0 Å². The van der Waals surface area contributed by atoms with Crippen molar-refractivity contribution >= 4 is 31.8 Å². The first-order valence-corrected chi connectivity index (χ1v) is 5.81. The van der Waals surface area contributed by atoms with Gasteiger partial charge in [0.1, 0.15) is 0 Å². The summed E-state index contributed by atoms with van der Waals surface area (Å²) in [5, 5.41) is 17.8. The molecule has 0 bridgehead atoms. The molecule has 0 fully saturated rings. The van der Waals surface area contributed by atoms with Crippen LogP contribution in [0.1, 0.15) is 13.8 Å². The van der Waals surface area contributed by atoms with Crippen LogP contribution >= 0.6 is 31.8 Å². The number of hydrogen-bond acceptors (Lipinski definition) is 5. The molecule has 14 heavy (non-hydrogen) atoms. The molecular weight excluding hydrogens is 254 g/mol. The molecule has 4 unspecified atom stereocenters. The summed E-state index contributed by atoms with van der Waals surface area (Å²) in [4.78, 5) is 9.12. The van der Waals surface area contributed by atoms with E-state index in [0.717, 1.165) is 0 Å². The topological polar surface area (TPSA) is 79.2 Å². The van der Waals surface area contributed by atoms with Crippen molar-refractivity contribution in [3.8, 4) is 0 Å². The van der Waals surface area contributed by atoms with E-state index in [-0.39, 0.29) is 0 Å². The Bertz CT molecular complexity index is 143. The average molecular weight is 267 g/mol. The summed E-state index contributed by atoms with van der Waals surface area (Å²) in [6.45, 7) is 2.79. The van der Waals surface area contributed by atoms with E-state index in [0.29, 0.717) is 0 Å². The first-order valence-electron chi connectivity index (χ1n) is 3.81. The lowest BCUT2D eigenvalue weighted by atomic mass is 10.4. The maximum absolute atomic E-state index is 9.12. The zero-order chi connectivity index (χ0) is 11.3. The largest absolute Gasteiger partial charge is 0.389 e. The van der Waals surface area contributed by atoms with Crippen molar-refractivity contribution in [3.63, 3.8) is 0 Å². The molecule has 0 aromatic heterocycles. The first kappa shape index (κ1) is 14.8. The minimum atomic E-state index is -2.31. The van der Waals surface area contributed by atoms with Crippen LogP contribution in [0.2, 0.25) is 0 Å². The van der Waals surface area contributed by atoms with E-state index >= 15 is 0 Å². The van der Waals surface area contributed by atoms with Gasteiger partial charge in [-0.2, -0.15) is 0 Å². The van der Waals surface area contributed by atoms with E-state index in [9.17, 15) is 0 Å². The highest BCUT2D eigenvalue weighted by molar-refractivity contribution is 7.40. The van der Waals surface area contributed by atoms with Crippen molar-refractivity contribution in [2.24, 2.45) is 0 Å². The molecule has 0 aliphatic rings. The standard InChI is InChI=1S/C6H13Cl2O5P/c1-3(9)5(7)12-14(11)13-6(8)4(2)10/h3-6,9-11H,1-2H3. The Hall–Kier alpha value is 0.810. The van der Waals surface area contributed by atoms with Crippen LogP contribution in [-0.2, 0) is 9.05 Å². The molecule has 8 heteroatoms. The fourth-order valence-electron chi connectivity index (χ4n) is 0.373. The second-order valence-corrected chi connectivity index (χ2v) is 4.39. The Labute approximate surface area is 93.5 Å². The Morgan fingerprint density at radius 1 is 1.00 bits per heavy atom. The summed E-state index contributed by atoms with van der Waals surface area (Å²) >= 11 is 10.9. The molecule has 4 atom stereocenters. The van der Waals surface area contributed by atoms with Gasteiger partial charge in [0.2, 0.25) is 0 Å². The Kier molecular flexibility index (Phi) is 7.56. The molecule has 0 aliphatic heterocycles. The summed E-state index contributed by atoms with van der Waals surface area (Å²) < 4.78 is 9.30. The van der Waals surface area contributed by atoms with Gasteiger partial charge in [0.05, 0.1) is 12.2 Å². The van der Waals surface area contributed by atoms with Gasteiger partial charge in [-0.05, 0) is 13.8 Å². The van der Waals surface area contributed by atoms with Crippen LogP contribution in [0, 0.1) is 0 Å². The van der Waals surface area contributed by atoms with E-state index in [1.54, 1.807) is 0 Å². The molecule has 5 nitrogen and oxygen atoms in total. The van der Waals surface area contributed by atoms with Gasteiger partial charge < -0.3 is 15.1 Å². The van der Waals surface area contributed by atoms with Crippen molar-refractivity contribution < 1.29 is 24.2 Å². The fraction of sp³-hybridized carbons (Fsp3) is 1.00. The highest BCUT2D eigenvalue weighted by atomic mass is 35.5. The van der Waals surface area contributed by atoms with Gasteiger partial charge in [-0.1, -0.05) is 23.2 Å². The summed E-state index contributed by atoms with van der Waals surface area (Å²) in [5.41, 5.74) is -2.16. The molecule has 86 valence electrons. The molecule has 3 N–H and O–H groups in total. The lowest BCUT2D eigenvalue weighted by Crippen LogP contribution is -2.22. The van der Waals surface area contributed by atoms with Gasteiger partial charge >= 0.3 is 8.60 Å². The maximum Gasteiger partial charge on any atom is 0.333 e. The van der Waals surface area contributed by atoms with E-state index in [2.05, 4.69) is 9.05 Å². The van der Waals surface area contributed by atoms with Crippen molar-refractivity contribution in [1.29, 1.82) is 0 Å². The summed E-state index contributed by atoms with van der Waals surface area (Å²) in [7, 11) is -2.31. The molecule has 0 aromatic rings. The Morgan fingerprint density at radius 3 is 1.50 bits per heavy atom. The average Bonchev–Trinajstić information content (AvgIpc) is 2.03. The molecule has 0 rings (SSSR count). The predicted octanol–water partition coefficient (Wildman–Crippen LogP) is 1.13. The fourth-order valence-corrected chi connectivity index (χ4v) is 1.53. The van der Waals surface area contributed by atoms with Crippen molar-refractivity contribution in [2.75, 3.05) is 0 Å². The number of halogens is 2. The monoisotopic (exact) mass is 266 g/mol. The van der Waals surface area contributed by atoms with Crippen LogP contribution < -0.4 is 0 Å². The zero-order valence-electron chi connectivity index (χ0n) is 7.67. The highest BCUT2D eigenvalue weighted by Crippen LogP contribution is 2.39. The van der Waals surface area contributed by atoms with Crippen molar-refractivity contribution in [2.45, 2.75) is 37.2 Å². The third-order valence-electron chi connectivity index (χ3n) is 1.14. The molecule has 0 radical (unpaired) electrons. The third-order valence-corrected chi connectivity index (χ3v) is 3.11. The maximum atomic E-state index is 9.12. The lowest BCUT2D eigenvalue weighted by molar-refractivity contribution is 0.0523. The summed E-state index contributed by atoms with van der Waals surface area (Å²) in [6, 6.07) is 0. The quantitative estimate of drug-likeness (QED) is 0.496. The van der Waals surface area contributed by atoms with E-state index < -0.39 is 31.9 Å². The number of rotatable bonds is 6. The van der Waals surface area contributed by atoms with Crippen LogP contribution in [0.4, 0.5) is 0 Å². The third kappa shape index (κ3) is 6.32. The normalized spacial score (nSPS) is 22.5. The van der Waals surface area contributed by atoms with E-state index in [1.165, 1.54) is 13.8 Å². The predicted molar refractivity (Wildman–Crippen MR) is 54.0 cm³/mol. The molecule has 0 aliphatic carbocycles. The van der Waals surface area contributed by atoms with Crippen LogP contribution in [0.25, 0.3) is 0 Å². The van der Waals surface area contributed by atoms with E-state index in [4.69, 9.17) is 38.3 Å². The van der Waals surface area contributed by atoms with Crippen molar-refractivity contribution in [3.05, 3.63) is 0 Å². The second-order valence-electron chi connectivity index (χ2n) is 2.63. The smallest absolute Gasteiger partial charge is 0.333 e. The minimum Gasteiger partial charge on any atom is -0.389 e. The highest BCUT2D eigenvalue weighted by Gasteiger charge is 2.23. The molecule has 0 aromatic carbocycles. The number of aliphatic hydroxyl groups excluding tert-OH is 2. The van der Waals surface area contributed by atoms with E-state index in [1.807, 2.05) is 0 Å². The SMILES string of the molecule is CC(O)C(Cl)OP(O)OC(Cl)C(C)O. The molecular formula is C6H13Cl2O5P. The van der Waals surface area contributed by atoms with Crippen LogP contribution in [0.15, 0.2) is 0 Å². The van der Waals surface area contributed by atoms with Crippen LogP contribution in [-0.4, -0.2) is 38.4 Å². The van der Waals surface area contributed by atoms with Gasteiger partial charge in [-0.3, -0.25) is 9.05 Å². The molecule has 0 spiro atoms. The summed E-state index contributed by atoms with van der Waals surface area (Å²) in [6.07, 6.45) is -1.89. The van der Waals surface area contributed by atoms with Gasteiger partial charge in [0, 0.05) is 0 Å². The van der Waals surface area contributed by atoms with Gasteiger partial charge in [0.15, 0.2) is 11.1 Å². The first-order chi connectivity index (χ1) is 6.34. The molecule has 0 saturated heterocycles. The molecule has 0 heterocycles. The second kappa shape index (κ2) is 7.14. The number of hydrogen-bond donors (Lipinski definition) is 3. The van der Waals surface area contributed by atoms with Crippen molar-refractivity contribution in [1.82, 2.24) is 0 Å². The van der Waals surface area contributed by atoms with Gasteiger partial charge in [-0.15, -0.1) is 0 Å². The Balaban J connectivity index is 3.80. The number of aliphatic hydroxyl groups is 2. The lowest BCUT2D eigenvalue weighted by Gasteiger charge is -2.20. The van der Waals surface area contributed by atoms with Crippen LogP contribution in [0.3, 0.4) is 0 Å². The zero-order valence-corrected chi connectivity index (χ0v) is 10.1. The van der Waals surface area contributed by atoms with Gasteiger partial charge in [-0.25, -0.2) is 0 Å². The minimum absolute atomic E-state index is 0.947. The Morgan fingerprint density at radius 2 is 1.29 bits per heavy atom. The molecule has 0 saturated carbocycles. The van der Waals surface area contributed by atoms with Gasteiger partial charge in [0.25, 0.3) is 0 Å². The summed E-state index contributed by atoms with van der Waals surface area (Å²) in [5.74, 6) is 0. The number of alkyl halides is 2. The molecule has 0 amide bonds.